The molecule has 0 amide bonds. The summed E-state index contributed by atoms with van der Waals surface area (Å²) in [7, 11) is 0. The molecule has 1 nitrogen and oxygen atoms in total. The molecule has 2 saturated carbocycles. The van der Waals surface area contributed by atoms with Crippen LogP contribution in [-0.2, 0) is 0 Å². The van der Waals surface area contributed by atoms with Gasteiger partial charge in [-0.2, -0.15) is 0 Å². The van der Waals surface area contributed by atoms with E-state index in [9.17, 15) is 5.11 Å². The van der Waals surface area contributed by atoms with Crippen molar-refractivity contribution in [2.45, 2.75) is 64.4 Å². The molecular weight excluding hydrogens is 172 g/mol. The Morgan fingerprint density at radius 1 is 1.14 bits per heavy atom. The van der Waals surface area contributed by atoms with E-state index < -0.39 is 0 Å². The minimum atomic E-state index is -0.306. The molecule has 0 aromatic heterocycles. The van der Waals surface area contributed by atoms with Crippen LogP contribution in [0.5, 0.6) is 0 Å². The van der Waals surface area contributed by atoms with Crippen LogP contribution in [-0.4, -0.2) is 10.7 Å². The van der Waals surface area contributed by atoms with Crippen molar-refractivity contribution in [3.05, 3.63) is 0 Å². The van der Waals surface area contributed by atoms with Gasteiger partial charge in [-0.1, -0.05) is 26.7 Å². The maximum Gasteiger partial charge on any atom is 0.0653 e. The van der Waals surface area contributed by atoms with E-state index in [1.807, 2.05) is 0 Å². The second-order valence-corrected chi connectivity index (χ2v) is 6.06. The minimum Gasteiger partial charge on any atom is -0.390 e. The maximum atomic E-state index is 10.5. The van der Waals surface area contributed by atoms with Crippen LogP contribution in [0.4, 0.5) is 0 Å². The molecule has 14 heavy (non-hydrogen) atoms. The molecule has 2 fully saturated rings. The normalized spacial score (nSPS) is 43.9. The van der Waals surface area contributed by atoms with Gasteiger partial charge in [0.2, 0.25) is 0 Å². The first-order chi connectivity index (χ1) is 6.57. The molecule has 0 saturated heterocycles. The van der Waals surface area contributed by atoms with E-state index in [1.165, 1.54) is 25.7 Å². The lowest BCUT2D eigenvalue weighted by atomic mass is 9.72. The van der Waals surface area contributed by atoms with Crippen molar-refractivity contribution in [3.8, 4) is 0 Å². The zero-order valence-corrected chi connectivity index (χ0v) is 9.63. The van der Waals surface area contributed by atoms with Crippen LogP contribution in [0, 0.1) is 17.8 Å². The third-order valence-corrected chi connectivity index (χ3v) is 3.98. The molecule has 0 heterocycles. The second-order valence-electron chi connectivity index (χ2n) is 6.06. The van der Waals surface area contributed by atoms with Gasteiger partial charge in [0, 0.05) is 0 Å². The zero-order valence-electron chi connectivity index (χ0n) is 9.63. The third kappa shape index (κ3) is 2.73. The lowest BCUT2D eigenvalue weighted by molar-refractivity contribution is -0.0398. The monoisotopic (exact) mass is 196 g/mol. The highest BCUT2D eigenvalue weighted by atomic mass is 16.3. The summed E-state index contributed by atoms with van der Waals surface area (Å²) >= 11 is 0. The van der Waals surface area contributed by atoms with Crippen LogP contribution in [0.2, 0.25) is 0 Å². The van der Waals surface area contributed by atoms with Crippen molar-refractivity contribution in [1.29, 1.82) is 0 Å². The molecule has 0 bridgehead atoms. The first kappa shape index (κ1) is 10.5. The Labute approximate surface area is 87.9 Å². The van der Waals surface area contributed by atoms with Gasteiger partial charge < -0.3 is 5.11 Å². The number of rotatable bonds is 3. The predicted molar refractivity (Wildman–Crippen MR) is 59.1 cm³/mol. The van der Waals surface area contributed by atoms with E-state index in [1.54, 1.807) is 0 Å². The molecule has 1 N–H and O–H groups in total. The zero-order chi connectivity index (χ0) is 10.2. The van der Waals surface area contributed by atoms with E-state index in [4.69, 9.17) is 0 Å². The topological polar surface area (TPSA) is 20.2 Å². The molecule has 0 radical (unpaired) electrons. The number of hydrogen-bond acceptors (Lipinski definition) is 1. The summed E-state index contributed by atoms with van der Waals surface area (Å²) in [6.07, 6.45) is 8.57. The summed E-state index contributed by atoms with van der Waals surface area (Å²) in [6, 6.07) is 0. The smallest absolute Gasteiger partial charge is 0.0653 e. The number of hydrogen-bond donors (Lipinski definition) is 1. The molecule has 2 aliphatic carbocycles. The largest absolute Gasteiger partial charge is 0.390 e. The summed E-state index contributed by atoms with van der Waals surface area (Å²) < 4.78 is 0. The van der Waals surface area contributed by atoms with Gasteiger partial charge in [0.25, 0.3) is 0 Å². The summed E-state index contributed by atoms with van der Waals surface area (Å²) in [5.41, 5.74) is -0.306. The van der Waals surface area contributed by atoms with Crippen molar-refractivity contribution in [1.82, 2.24) is 0 Å². The Kier molecular flexibility index (Phi) is 2.88. The van der Waals surface area contributed by atoms with E-state index in [0.29, 0.717) is 0 Å². The molecule has 2 atom stereocenters. The lowest BCUT2D eigenvalue weighted by Gasteiger charge is -2.39. The first-order valence-corrected chi connectivity index (χ1v) is 6.30. The van der Waals surface area contributed by atoms with Gasteiger partial charge in [-0.05, 0) is 49.9 Å². The molecule has 0 aliphatic heterocycles. The average Bonchev–Trinajstić information content (AvgIpc) is 2.80. The Balaban J connectivity index is 1.84. The fourth-order valence-electron chi connectivity index (χ4n) is 3.32. The van der Waals surface area contributed by atoms with Crippen molar-refractivity contribution < 1.29 is 5.11 Å². The van der Waals surface area contributed by atoms with Crippen molar-refractivity contribution in [2.24, 2.45) is 17.8 Å². The van der Waals surface area contributed by atoms with Crippen LogP contribution >= 0.6 is 0 Å². The highest BCUT2D eigenvalue weighted by molar-refractivity contribution is 4.89. The summed E-state index contributed by atoms with van der Waals surface area (Å²) in [4.78, 5) is 0. The summed E-state index contributed by atoms with van der Waals surface area (Å²) in [5, 5.41) is 10.5. The van der Waals surface area contributed by atoms with Crippen molar-refractivity contribution >= 4 is 0 Å². The fraction of sp³-hybridized carbons (Fsp3) is 1.00. The maximum absolute atomic E-state index is 10.5. The van der Waals surface area contributed by atoms with Gasteiger partial charge in [0.15, 0.2) is 0 Å². The van der Waals surface area contributed by atoms with Crippen LogP contribution < -0.4 is 0 Å². The standard InChI is InChI=1S/C13H24O/c1-10-7-11(2)9-13(14,8-10)6-5-12-3-4-12/h10-12,14H,3-9H2,1-2H3. The van der Waals surface area contributed by atoms with Gasteiger partial charge in [-0.3, -0.25) is 0 Å². The second kappa shape index (κ2) is 3.84. The molecule has 0 spiro atoms. The third-order valence-electron chi connectivity index (χ3n) is 3.98. The van der Waals surface area contributed by atoms with Crippen LogP contribution in [0.3, 0.4) is 0 Å². The summed E-state index contributed by atoms with van der Waals surface area (Å²) in [6.45, 7) is 4.58. The SMILES string of the molecule is CC1CC(C)CC(O)(CCC2CC2)C1. The average molecular weight is 196 g/mol. The predicted octanol–water partition coefficient (Wildman–Crippen LogP) is 3.36. The van der Waals surface area contributed by atoms with E-state index in [0.717, 1.165) is 37.0 Å². The van der Waals surface area contributed by atoms with E-state index in [2.05, 4.69) is 13.8 Å². The Bertz CT molecular complexity index is 185. The molecule has 2 aliphatic rings. The molecule has 2 unspecified atom stereocenters. The lowest BCUT2D eigenvalue weighted by Crippen LogP contribution is -2.37. The Morgan fingerprint density at radius 3 is 2.21 bits per heavy atom. The van der Waals surface area contributed by atoms with Gasteiger partial charge in [0.1, 0.15) is 0 Å². The summed E-state index contributed by atoms with van der Waals surface area (Å²) in [5.74, 6) is 2.41. The van der Waals surface area contributed by atoms with E-state index in [-0.39, 0.29) is 5.60 Å². The van der Waals surface area contributed by atoms with Gasteiger partial charge >= 0.3 is 0 Å². The Hall–Kier alpha value is -0.0400. The van der Waals surface area contributed by atoms with Crippen LogP contribution in [0.25, 0.3) is 0 Å². The van der Waals surface area contributed by atoms with Gasteiger partial charge in [-0.15, -0.1) is 0 Å². The molecule has 1 heteroatoms. The highest BCUT2D eigenvalue weighted by Crippen LogP contribution is 2.42. The van der Waals surface area contributed by atoms with Crippen LogP contribution in [0.1, 0.15) is 58.8 Å². The molecule has 0 aromatic carbocycles. The Morgan fingerprint density at radius 2 is 1.71 bits per heavy atom. The van der Waals surface area contributed by atoms with Gasteiger partial charge in [-0.25, -0.2) is 0 Å². The minimum absolute atomic E-state index is 0.306. The van der Waals surface area contributed by atoms with Crippen LogP contribution in [0.15, 0.2) is 0 Å². The van der Waals surface area contributed by atoms with E-state index >= 15 is 0 Å². The molecular formula is C13H24O. The quantitative estimate of drug-likeness (QED) is 0.734. The molecule has 2 rings (SSSR count). The van der Waals surface area contributed by atoms with Gasteiger partial charge in [0.05, 0.1) is 5.60 Å². The highest BCUT2D eigenvalue weighted by Gasteiger charge is 2.37. The molecule has 0 aromatic rings. The molecule has 82 valence electrons. The fourth-order valence-corrected chi connectivity index (χ4v) is 3.32. The first-order valence-electron chi connectivity index (χ1n) is 6.30. The van der Waals surface area contributed by atoms with Crippen molar-refractivity contribution in [3.63, 3.8) is 0 Å². The number of aliphatic hydroxyl groups is 1. The van der Waals surface area contributed by atoms with Crippen molar-refractivity contribution in [2.75, 3.05) is 0 Å².